The zero-order valence-electron chi connectivity index (χ0n) is 11.7. The minimum atomic E-state index is -0.743. The highest BCUT2D eigenvalue weighted by molar-refractivity contribution is 6.30. The molecule has 0 unspecified atom stereocenters. The minimum Gasteiger partial charge on any atom is -0.481 e. The monoisotopic (exact) mass is 298 g/mol. The second-order valence-electron chi connectivity index (χ2n) is 5.86. The van der Waals surface area contributed by atoms with E-state index in [0.717, 1.165) is 24.8 Å². The van der Waals surface area contributed by atoms with E-state index < -0.39 is 17.2 Å². The van der Waals surface area contributed by atoms with Crippen LogP contribution >= 0.6 is 11.6 Å². The number of halogens is 2. The first-order chi connectivity index (χ1) is 9.47. The van der Waals surface area contributed by atoms with Gasteiger partial charge < -0.3 is 5.11 Å². The molecule has 0 radical (unpaired) electrons. The van der Waals surface area contributed by atoms with Crippen LogP contribution in [0, 0.1) is 17.2 Å². The van der Waals surface area contributed by atoms with E-state index in [2.05, 4.69) is 6.92 Å². The summed E-state index contributed by atoms with van der Waals surface area (Å²) < 4.78 is 13.2. The van der Waals surface area contributed by atoms with Crippen LogP contribution in [0.15, 0.2) is 18.2 Å². The summed E-state index contributed by atoms with van der Waals surface area (Å²) in [5, 5.41) is 9.69. The third-order valence-electron chi connectivity index (χ3n) is 4.62. The van der Waals surface area contributed by atoms with Crippen LogP contribution in [0.5, 0.6) is 0 Å². The molecule has 1 aliphatic carbocycles. The quantitative estimate of drug-likeness (QED) is 0.875. The van der Waals surface area contributed by atoms with Crippen molar-refractivity contribution >= 4 is 17.6 Å². The molecule has 0 saturated heterocycles. The van der Waals surface area contributed by atoms with Gasteiger partial charge in [0.1, 0.15) is 5.82 Å². The maximum atomic E-state index is 13.2. The molecule has 110 valence electrons. The van der Waals surface area contributed by atoms with E-state index in [0.29, 0.717) is 25.2 Å². The zero-order valence-corrected chi connectivity index (χ0v) is 12.4. The topological polar surface area (TPSA) is 37.3 Å². The molecule has 4 heteroatoms. The van der Waals surface area contributed by atoms with E-state index in [-0.39, 0.29) is 5.02 Å². The van der Waals surface area contributed by atoms with Crippen LogP contribution in [-0.4, -0.2) is 11.1 Å². The molecule has 0 amide bonds. The van der Waals surface area contributed by atoms with Gasteiger partial charge in [0.2, 0.25) is 0 Å². The van der Waals surface area contributed by atoms with Gasteiger partial charge in [-0.25, -0.2) is 4.39 Å². The zero-order chi connectivity index (χ0) is 14.8. The molecule has 0 aromatic heterocycles. The van der Waals surface area contributed by atoms with Gasteiger partial charge in [0.25, 0.3) is 0 Å². The molecule has 1 saturated carbocycles. The van der Waals surface area contributed by atoms with Crippen molar-refractivity contribution in [1.29, 1.82) is 0 Å². The van der Waals surface area contributed by atoms with Crippen molar-refractivity contribution in [2.75, 3.05) is 0 Å². The Morgan fingerprint density at radius 3 is 2.60 bits per heavy atom. The van der Waals surface area contributed by atoms with Crippen molar-refractivity contribution in [2.24, 2.45) is 11.3 Å². The van der Waals surface area contributed by atoms with Gasteiger partial charge in [0.15, 0.2) is 0 Å². The molecule has 0 heterocycles. The highest BCUT2D eigenvalue weighted by atomic mass is 35.5. The number of hydrogen-bond donors (Lipinski definition) is 1. The fourth-order valence-corrected chi connectivity index (χ4v) is 3.35. The molecule has 1 aliphatic rings. The maximum Gasteiger partial charge on any atom is 0.309 e. The highest BCUT2D eigenvalue weighted by Crippen LogP contribution is 2.43. The molecule has 20 heavy (non-hydrogen) atoms. The molecule has 0 spiro atoms. The molecule has 1 fully saturated rings. The fraction of sp³-hybridized carbons (Fsp3) is 0.562. The Hall–Kier alpha value is -1.09. The van der Waals surface area contributed by atoms with Crippen molar-refractivity contribution in [3.05, 3.63) is 34.6 Å². The minimum absolute atomic E-state index is 0.0604. The van der Waals surface area contributed by atoms with Crippen molar-refractivity contribution in [2.45, 2.75) is 45.4 Å². The maximum absolute atomic E-state index is 13.2. The molecule has 2 rings (SSSR count). The van der Waals surface area contributed by atoms with Gasteiger partial charge in [-0.1, -0.05) is 31.0 Å². The second-order valence-corrected chi connectivity index (χ2v) is 6.27. The summed E-state index contributed by atoms with van der Waals surface area (Å²) in [7, 11) is 0. The summed E-state index contributed by atoms with van der Waals surface area (Å²) in [4.78, 5) is 11.7. The summed E-state index contributed by atoms with van der Waals surface area (Å²) in [6, 6.07) is 4.50. The molecule has 0 bridgehead atoms. The molecule has 0 aliphatic heterocycles. The highest BCUT2D eigenvalue weighted by Gasteiger charge is 2.41. The van der Waals surface area contributed by atoms with Crippen LogP contribution in [-0.2, 0) is 11.2 Å². The van der Waals surface area contributed by atoms with Crippen LogP contribution in [0.1, 0.15) is 44.6 Å². The first-order valence-electron chi connectivity index (χ1n) is 7.14. The van der Waals surface area contributed by atoms with Gasteiger partial charge in [-0.15, -0.1) is 0 Å². The van der Waals surface area contributed by atoms with Gasteiger partial charge in [0.05, 0.1) is 10.4 Å². The Kier molecular flexibility index (Phi) is 4.69. The van der Waals surface area contributed by atoms with Crippen LogP contribution in [0.3, 0.4) is 0 Å². The number of rotatable bonds is 4. The standard InChI is InChI=1S/C16H20ClFO2/c1-2-11-5-7-16(8-6-11,15(19)20)10-12-3-4-14(18)13(17)9-12/h3-4,9,11H,2,5-8,10H2,1H3,(H,19,20). The predicted molar refractivity (Wildman–Crippen MR) is 77.4 cm³/mol. The largest absolute Gasteiger partial charge is 0.481 e. The van der Waals surface area contributed by atoms with E-state index in [1.54, 1.807) is 12.1 Å². The van der Waals surface area contributed by atoms with Gasteiger partial charge in [-0.3, -0.25) is 4.79 Å². The lowest BCUT2D eigenvalue weighted by Crippen LogP contribution is -2.37. The second kappa shape index (κ2) is 6.13. The Bertz CT molecular complexity index is 493. The number of carboxylic acids is 1. The smallest absolute Gasteiger partial charge is 0.309 e. The normalized spacial score (nSPS) is 26.4. The van der Waals surface area contributed by atoms with Crippen LogP contribution in [0.2, 0.25) is 5.02 Å². The SMILES string of the molecule is CCC1CCC(Cc2ccc(F)c(Cl)c2)(C(=O)O)CC1. The number of carbonyl (C=O) groups is 1. The molecular weight excluding hydrogens is 279 g/mol. The van der Waals surface area contributed by atoms with E-state index in [9.17, 15) is 14.3 Å². The molecular formula is C16H20ClFO2. The van der Waals surface area contributed by atoms with E-state index in [1.165, 1.54) is 6.07 Å². The van der Waals surface area contributed by atoms with E-state index in [4.69, 9.17) is 11.6 Å². The van der Waals surface area contributed by atoms with Crippen LogP contribution in [0.4, 0.5) is 4.39 Å². The molecule has 1 aromatic rings. The van der Waals surface area contributed by atoms with Crippen molar-refractivity contribution in [1.82, 2.24) is 0 Å². The molecule has 0 atom stereocenters. The summed E-state index contributed by atoms with van der Waals surface area (Å²) in [6.45, 7) is 2.15. The van der Waals surface area contributed by atoms with Crippen LogP contribution < -0.4 is 0 Å². The summed E-state index contributed by atoms with van der Waals surface area (Å²) in [5.74, 6) is -0.568. The Balaban J connectivity index is 2.17. The van der Waals surface area contributed by atoms with Gasteiger partial charge in [-0.05, 0) is 55.7 Å². The average molecular weight is 299 g/mol. The molecule has 1 aromatic carbocycles. The summed E-state index contributed by atoms with van der Waals surface area (Å²) in [5.41, 5.74) is 0.0843. The molecule has 1 N–H and O–H groups in total. The van der Waals surface area contributed by atoms with Gasteiger partial charge in [0, 0.05) is 0 Å². The predicted octanol–water partition coefficient (Wildman–Crippen LogP) is 4.69. The first kappa shape index (κ1) is 15.3. The third-order valence-corrected chi connectivity index (χ3v) is 4.91. The fourth-order valence-electron chi connectivity index (χ4n) is 3.15. The molecule has 2 nitrogen and oxygen atoms in total. The van der Waals surface area contributed by atoms with Crippen molar-refractivity contribution < 1.29 is 14.3 Å². The number of carboxylic acid groups (broad SMARTS) is 1. The summed E-state index contributed by atoms with van der Waals surface area (Å²) >= 11 is 5.78. The Morgan fingerprint density at radius 1 is 1.45 bits per heavy atom. The van der Waals surface area contributed by atoms with Crippen LogP contribution in [0.25, 0.3) is 0 Å². The number of aliphatic carboxylic acids is 1. The van der Waals surface area contributed by atoms with Crippen molar-refractivity contribution in [3.63, 3.8) is 0 Å². The van der Waals surface area contributed by atoms with Crippen molar-refractivity contribution in [3.8, 4) is 0 Å². The van der Waals surface area contributed by atoms with Gasteiger partial charge in [-0.2, -0.15) is 0 Å². The third kappa shape index (κ3) is 3.14. The lowest BCUT2D eigenvalue weighted by molar-refractivity contribution is -0.151. The lowest BCUT2D eigenvalue weighted by Gasteiger charge is -2.36. The van der Waals surface area contributed by atoms with Gasteiger partial charge >= 0.3 is 5.97 Å². The Labute approximate surface area is 123 Å². The summed E-state index contributed by atoms with van der Waals surface area (Å²) in [6.07, 6.45) is 4.83. The Morgan fingerprint density at radius 2 is 2.10 bits per heavy atom. The average Bonchev–Trinajstić information content (AvgIpc) is 2.43. The van der Waals surface area contributed by atoms with E-state index in [1.807, 2.05) is 0 Å². The number of hydrogen-bond acceptors (Lipinski definition) is 1. The first-order valence-corrected chi connectivity index (χ1v) is 7.52. The lowest BCUT2D eigenvalue weighted by atomic mass is 9.67. The van der Waals surface area contributed by atoms with E-state index >= 15 is 0 Å². The number of benzene rings is 1.